The number of carbonyl (C=O) groups is 2. The second-order valence-corrected chi connectivity index (χ2v) is 7.11. The number of carbonyl (C=O) groups excluding carboxylic acids is 2. The van der Waals surface area contributed by atoms with E-state index in [1.807, 2.05) is 6.92 Å². The zero-order valence-electron chi connectivity index (χ0n) is 15.7. The van der Waals surface area contributed by atoms with Crippen LogP contribution in [0.2, 0.25) is 0 Å². The van der Waals surface area contributed by atoms with Gasteiger partial charge in [-0.3, -0.25) is 9.59 Å². The van der Waals surface area contributed by atoms with Gasteiger partial charge in [-0.15, -0.1) is 0 Å². The van der Waals surface area contributed by atoms with E-state index >= 15 is 0 Å². The van der Waals surface area contributed by atoms with Gasteiger partial charge < -0.3 is 21.1 Å². The molecule has 27 heavy (non-hydrogen) atoms. The van der Waals surface area contributed by atoms with Gasteiger partial charge in [-0.1, -0.05) is 24.3 Å². The lowest BCUT2D eigenvalue weighted by Crippen LogP contribution is -2.43. The molecule has 0 radical (unpaired) electrons. The molecule has 1 aliphatic heterocycles. The number of hydrogen-bond donors (Lipinski definition) is 5. The van der Waals surface area contributed by atoms with Crippen molar-refractivity contribution in [1.82, 2.24) is 10.2 Å². The number of likely N-dealkylation sites (tertiary alicyclic amines) is 1. The van der Waals surface area contributed by atoms with Crippen LogP contribution in [0.5, 0.6) is 0 Å². The summed E-state index contributed by atoms with van der Waals surface area (Å²) in [5.41, 5.74) is 6.33. The first-order valence-corrected chi connectivity index (χ1v) is 9.07. The highest BCUT2D eigenvalue weighted by Gasteiger charge is 2.30. The van der Waals surface area contributed by atoms with Crippen molar-refractivity contribution < 1.29 is 25.8 Å². The van der Waals surface area contributed by atoms with Gasteiger partial charge in [0.25, 0.3) is 0 Å². The number of benzene rings is 1. The van der Waals surface area contributed by atoms with Gasteiger partial charge in [0.1, 0.15) is 11.4 Å². The quantitative estimate of drug-likeness (QED) is 0.349. The molecule has 0 aromatic heterocycles. The fourth-order valence-electron chi connectivity index (χ4n) is 3.34. The maximum absolute atomic E-state index is 12.5. The molecule has 148 valence electrons. The van der Waals surface area contributed by atoms with Crippen molar-refractivity contribution in [3.8, 4) is 0 Å². The van der Waals surface area contributed by atoms with Crippen molar-refractivity contribution in [1.29, 1.82) is 0 Å². The van der Waals surface area contributed by atoms with Crippen LogP contribution < -0.4 is 16.9 Å². The van der Waals surface area contributed by atoms with E-state index in [9.17, 15) is 14.7 Å². The maximum Gasteiger partial charge on any atom is 0.211 e. The number of allylic oxidation sites excluding steroid dienone is 2. The molecule has 3 rings (SSSR count). The molecule has 1 aliphatic carbocycles. The van der Waals surface area contributed by atoms with E-state index in [1.54, 1.807) is 24.3 Å². The molecule has 1 saturated heterocycles. The number of piperidine rings is 1. The van der Waals surface area contributed by atoms with E-state index in [1.165, 1.54) is 0 Å². The summed E-state index contributed by atoms with van der Waals surface area (Å²) in [7, 11) is 0. The number of quaternary nitrogens is 1. The van der Waals surface area contributed by atoms with Gasteiger partial charge in [-0.25, -0.2) is 11.1 Å². The van der Waals surface area contributed by atoms with E-state index in [0.717, 1.165) is 38.9 Å². The van der Waals surface area contributed by atoms with Crippen molar-refractivity contribution in [2.45, 2.75) is 31.8 Å². The normalized spacial score (nSPS) is 19.3. The summed E-state index contributed by atoms with van der Waals surface area (Å²) < 4.78 is 0. The van der Waals surface area contributed by atoms with Gasteiger partial charge in [0.15, 0.2) is 0 Å². The average Bonchev–Trinajstić information content (AvgIpc) is 2.68. The third-order valence-corrected chi connectivity index (χ3v) is 5.04. The van der Waals surface area contributed by atoms with Crippen molar-refractivity contribution in [3.63, 3.8) is 0 Å². The second-order valence-electron chi connectivity index (χ2n) is 7.11. The number of ketones is 2. The largest absolute Gasteiger partial charge is 0.394 e. The molecule has 8 nitrogen and oxygen atoms in total. The monoisotopic (exact) mass is 377 g/mol. The van der Waals surface area contributed by atoms with Gasteiger partial charge in [-0.05, 0) is 32.7 Å². The fraction of sp³-hybridized carbons (Fsp3) is 0.474. The third-order valence-electron chi connectivity index (χ3n) is 5.04. The fourth-order valence-corrected chi connectivity index (χ4v) is 3.34. The summed E-state index contributed by atoms with van der Waals surface area (Å²) in [6.07, 6.45) is 2.40. The number of nitrogens with one attached hydrogen (secondary N) is 1. The number of hydrogen-bond acceptors (Lipinski definition) is 7. The summed E-state index contributed by atoms with van der Waals surface area (Å²) in [6, 6.07) is 6.76. The lowest BCUT2D eigenvalue weighted by molar-refractivity contribution is -0.670. The minimum absolute atomic E-state index is 0.00211. The van der Waals surface area contributed by atoms with Gasteiger partial charge >= 0.3 is 0 Å². The zero-order chi connectivity index (χ0) is 20.0. The second kappa shape index (κ2) is 9.09. The van der Waals surface area contributed by atoms with Crippen molar-refractivity contribution in [2.24, 2.45) is 5.73 Å². The van der Waals surface area contributed by atoms with E-state index < -0.39 is 5.60 Å². The molecular weight excluding hydrogens is 348 g/mol. The Bertz CT molecular complexity index is 720. The molecule has 0 saturated carbocycles. The minimum atomic E-state index is -0.545. The van der Waals surface area contributed by atoms with Crippen LogP contribution in [0.4, 0.5) is 0 Å². The first-order valence-electron chi connectivity index (χ1n) is 9.07. The highest BCUT2D eigenvalue weighted by Crippen LogP contribution is 2.23. The van der Waals surface area contributed by atoms with E-state index in [0.29, 0.717) is 17.7 Å². The van der Waals surface area contributed by atoms with Crippen LogP contribution in [0.3, 0.4) is 0 Å². The number of fused-ring (bicyclic) bond motifs is 1. The summed E-state index contributed by atoms with van der Waals surface area (Å²) >= 11 is 0. The Morgan fingerprint density at radius 3 is 2.30 bits per heavy atom. The Hall–Kier alpha value is -2.26. The van der Waals surface area contributed by atoms with Gasteiger partial charge in [0.2, 0.25) is 11.6 Å². The van der Waals surface area contributed by atoms with E-state index in [-0.39, 0.29) is 23.0 Å². The standard InChI is InChI=1S/C19H25N3O3.H4NO/c1-19(25)7-11-22(12-8-19)10-4-9-21-16-15(20)17(23)13-5-2-3-6-14(13)18(16)24;1-2/h2-3,5-6,21,25H,4,7-12,20H2,1H3;2H,1H3/q;+1. The molecule has 8 heteroatoms. The molecule has 1 aromatic rings. The number of nitrogens with zero attached hydrogens (tertiary/aromatic N) is 1. The molecule has 1 fully saturated rings. The van der Waals surface area contributed by atoms with Crippen molar-refractivity contribution >= 4 is 11.6 Å². The van der Waals surface area contributed by atoms with E-state index in [2.05, 4.69) is 16.1 Å². The Morgan fingerprint density at radius 2 is 1.70 bits per heavy atom. The van der Waals surface area contributed by atoms with Crippen LogP contribution in [-0.2, 0) is 0 Å². The maximum atomic E-state index is 12.5. The molecule has 0 atom stereocenters. The lowest BCUT2D eigenvalue weighted by atomic mass is 9.90. The number of aliphatic hydroxyl groups is 1. The summed E-state index contributed by atoms with van der Waals surface area (Å²) in [5, 5.41) is 19.8. The Labute approximate surface area is 158 Å². The molecule has 1 aromatic carbocycles. The SMILES string of the molecule is CC1(O)CCN(CCCNC2=C(N)C(=O)c3ccccc3C2=O)CC1.[NH3+]O. The first-order chi connectivity index (χ1) is 12.9. The zero-order valence-corrected chi connectivity index (χ0v) is 15.7. The van der Waals surface area contributed by atoms with Crippen LogP contribution in [0.15, 0.2) is 35.7 Å². The molecule has 0 unspecified atom stereocenters. The third kappa shape index (κ3) is 4.92. The Morgan fingerprint density at radius 1 is 1.15 bits per heavy atom. The van der Waals surface area contributed by atoms with Crippen molar-refractivity contribution in [2.75, 3.05) is 26.2 Å². The number of rotatable bonds is 5. The Balaban J connectivity index is 0.00000126. The summed E-state index contributed by atoms with van der Waals surface area (Å²) in [4.78, 5) is 27.2. The van der Waals surface area contributed by atoms with E-state index in [4.69, 9.17) is 10.9 Å². The topological polar surface area (TPSA) is 144 Å². The highest BCUT2D eigenvalue weighted by molar-refractivity contribution is 6.26. The molecule has 0 amide bonds. The smallest absolute Gasteiger partial charge is 0.211 e. The number of Topliss-reactive ketones (excluding diaryl/α,β-unsaturated/α-hetero) is 2. The average molecular weight is 377 g/mol. The molecular formula is C19H29N4O4+. The minimum Gasteiger partial charge on any atom is -0.394 e. The van der Waals surface area contributed by atoms with Gasteiger partial charge in [-0.2, -0.15) is 0 Å². The van der Waals surface area contributed by atoms with Crippen LogP contribution in [0.1, 0.15) is 46.9 Å². The highest BCUT2D eigenvalue weighted by atomic mass is 16.4. The predicted molar refractivity (Wildman–Crippen MR) is 99.9 cm³/mol. The summed E-state index contributed by atoms with van der Waals surface area (Å²) in [6.45, 7) is 5.09. The molecule has 0 bridgehead atoms. The Kier molecular flexibility index (Phi) is 7.09. The van der Waals surface area contributed by atoms with Crippen LogP contribution >= 0.6 is 0 Å². The summed E-state index contributed by atoms with van der Waals surface area (Å²) in [5.74, 6) is 1.73. The molecule has 8 N–H and O–H groups in total. The van der Waals surface area contributed by atoms with Crippen LogP contribution in [0.25, 0.3) is 0 Å². The molecule has 2 aliphatic rings. The van der Waals surface area contributed by atoms with Crippen LogP contribution in [-0.4, -0.2) is 58.6 Å². The lowest BCUT2D eigenvalue weighted by Gasteiger charge is -2.35. The number of nitrogens with two attached hydrogens (primary N) is 1. The predicted octanol–water partition coefficient (Wildman–Crippen LogP) is -0.320. The van der Waals surface area contributed by atoms with Gasteiger partial charge in [0, 0.05) is 30.8 Å². The molecule has 0 spiro atoms. The van der Waals surface area contributed by atoms with Gasteiger partial charge in [0.05, 0.1) is 5.60 Å². The molecule has 1 heterocycles. The van der Waals surface area contributed by atoms with Crippen molar-refractivity contribution in [3.05, 3.63) is 46.8 Å². The van der Waals surface area contributed by atoms with Crippen LogP contribution in [0, 0.1) is 0 Å². The first kappa shape index (κ1) is 21.0.